The van der Waals surface area contributed by atoms with Crippen LogP contribution in [-0.2, 0) is 40.8 Å². The van der Waals surface area contributed by atoms with Gasteiger partial charge in [-0.15, -0.1) is 0 Å². The molecule has 2 aromatic carbocycles. The maximum atomic E-state index is 15.4. The van der Waals surface area contributed by atoms with Crippen molar-refractivity contribution in [3.63, 3.8) is 0 Å². The van der Waals surface area contributed by atoms with Crippen molar-refractivity contribution in [2.75, 3.05) is 17.0 Å². The molecule has 304 valence electrons. The molecule has 0 spiro atoms. The summed E-state index contributed by atoms with van der Waals surface area (Å²) in [6.07, 6.45) is -2.65. The Morgan fingerprint density at radius 1 is 1.10 bits per heavy atom. The molecule has 6 aromatic rings. The van der Waals surface area contributed by atoms with Gasteiger partial charge in [0.25, 0.3) is 17.9 Å². The number of hydrogen-bond acceptors (Lipinski definition) is 8. The third kappa shape index (κ3) is 6.58. The Labute approximate surface area is 331 Å². The lowest BCUT2D eigenvalue weighted by Crippen LogP contribution is -2.38. The SMILES string of the molecule is CPN(c1nn(C)c2c(-n3c([C@H](Cc4cc(F)cc(F)c4)NC(=O)Cn4nc(C(F)F)c5c4C(F)(F)[C@@H]4C[C@H]54)nc4nc(C)ccc4c3=O)ccc(Cl)c12)S(C)(=O)=O. The van der Waals surface area contributed by atoms with Crippen LogP contribution in [0.2, 0.25) is 5.02 Å². The quantitative estimate of drug-likeness (QED) is 0.117. The van der Waals surface area contributed by atoms with Gasteiger partial charge in [-0.25, -0.2) is 40.0 Å². The van der Waals surface area contributed by atoms with Crippen LogP contribution in [0.1, 0.15) is 58.8 Å². The van der Waals surface area contributed by atoms with Gasteiger partial charge in [-0.05, 0) is 76.6 Å². The van der Waals surface area contributed by atoms with Crippen LogP contribution in [0.5, 0.6) is 0 Å². The fraction of sp³-hybridized carbons (Fsp3) is 0.333. The molecular weight excluding hydrogens is 835 g/mol. The maximum absolute atomic E-state index is 15.4. The van der Waals surface area contributed by atoms with Crippen molar-refractivity contribution in [1.29, 1.82) is 0 Å². The summed E-state index contributed by atoms with van der Waals surface area (Å²) in [7, 11) is -2.72. The largest absolute Gasteiger partial charge is 0.344 e. The minimum absolute atomic E-state index is 0.00181. The zero-order valence-corrected chi connectivity index (χ0v) is 33.3. The topological polar surface area (TPSA) is 150 Å². The standard InChI is InChI=1S/C36H31ClF6N9O4PS/c1-15-5-6-19-32(44-15)46-33(51(35(19)54)24-8-7-22(37)27-29(24)49(2)48-34(27)52(57-3)58(4,55)56)23(11-16-9-17(38)12-18(39)10-16)45-25(53)14-50-30-26(28(47-50)31(40)41)20-13-21(20)36(30,42)43/h5-10,12,20-21,23,31,57H,11,13-14H2,1-4H3,(H,45,53)/t20-,21+,23-/m0/s1. The van der Waals surface area contributed by atoms with E-state index in [-0.39, 0.29) is 70.6 Å². The summed E-state index contributed by atoms with van der Waals surface area (Å²) in [6.45, 7) is 2.28. The summed E-state index contributed by atoms with van der Waals surface area (Å²) >= 11 is 6.70. The van der Waals surface area contributed by atoms with Gasteiger partial charge in [-0.2, -0.15) is 19.0 Å². The Hall–Kier alpha value is -5.07. The Kier molecular flexibility index (Phi) is 9.62. The van der Waals surface area contributed by atoms with Crippen molar-refractivity contribution in [2.45, 2.75) is 50.6 Å². The number of nitrogens with one attached hydrogen (secondary N) is 1. The molecule has 1 unspecified atom stereocenters. The van der Waals surface area contributed by atoms with E-state index in [2.05, 4.69) is 20.5 Å². The summed E-state index contributed by atoms with van der Waals surface area (Å²) in [5, 5.41) is 11.0. The molecule has 4 heterocycles. The number of fused-ring (bicyclic) bond motifs is 5. The average Bonchev–Trinajstić information content (AvgIpc) is 3.65. The summed E-state index contributed by atoms with van der Waals surface area (Å²) < 4.78 is 118. The van der Waals surface area contributed by atoms with E-state index in [0.717, 1.165) is 27.0 Å². The molecule has 13 nitrogen and oxygen atoms in total. The van der Waals surface area contributed by atoms with E-state index >= 15 is 8.78 Å². The fourth-order valence-corrected chi connectivity index (χ4v) is 10.2. The van der Waals surface area contributed by atoms with E-state index in [0.29, 0.717) is 16.4 Å². The lowest BCUT2D eigenvalue weighted by molar-refractivity contribution is -0.123. The zero-order valence-electron chi connectivity index (χ0n) is 30.7. The predicted molar refractivity (Wildman–Crippen MR) is 204 cm³/mol. The van der Waals surface area contributed by atoms with Gasteiger partial charge in [0.1, 0.15) is 35.4 Å². The number of hydrogen-bond donors (Lipinski definition) is 1. The Balaban J connectivity index is 1.33. The first-order valence-corrected chi connectivity index (χ1v) is 21.2. The number of nitrogens with zero attached hydrogens (tertiary/aromatic N) is 8. The summed E-state index contributed by atoms with van der Waals surface area (Å²) in [5.74, 6) is -8.83. The van der Waals surface area contributed by atoms with Crippen molar-refractivity contribution in [3.05, 3.63) is 104 Å². The van der Waals surface area contributed by atoms with Crippen LogP contribution < -0.4 is 15.0 Å². The van der Waals surface area contributed by atoms with E-state index in [1.54, 1.807) is 19.7 Å². The van der Waals surface area contributed by atoms with Crippen molar-refractivity contribution < 1.29 is 39.6 Å². The molecule has 0 bridgehead atoms. The summed E-state index contributed by atoms with van der Waals surface area (Å²) in [5.41, 5.74) is -2.12. The highest BCUT2D eigenvalue weighted by molar-refractivity contribution is 7.97. The molecule has 1 saturated carbocycles. The van der Waals surface area contributed by atoms with Gasteiger partial charge in [0.15, 0.2) is 11.5 Å². The monoisotopic (exact) mass is 865 g/mol. The van der Waals surface area contributed by atoms with Crippen LogP contribution in [0, 0.1) is 24.5 Å². The van der Waals surface area contributed by atoms with Crippen LogP contribution in [-0.4, -0.2) is 61.3 Å². The first kappa shape index (κ1) is 39.7. The summed E-state index contributed by atoms with van der Waals surface area (Å²) in [4.78, 5) is 37.8. The van der Waals surface area contributed by atoms with Gasteiger partial charge >= 0.3 is 0 Å². The Morgan fingerprint density at radius 2 is 1.81 bits per heavy atom. The Morgan fingerprint density at radius 3 is 2.47 bits per heavy atom. The van der Waals surface area contributed by atoms with Crippen LogP contribution in [0.4, 0.5) is 32.2 Å². The molecule has 2 aliphatic carbocycles. The number of pyridine rings is 1. The highest BCUT2D eigenvalue weighted by Gasteiger charge is 2.67. The van der Waals surface area contributed by atoms with Crippen molar-refractivity contribution in [3.8, 4) is 5.69 Å². The molecule has 4 atom stereocenters. The second-order valence-corrected chi connectivity index (χ2v) is 17.7. The lowest BCUT2D eigenvalue weighted by Gasteiger charge is -2.24. The van der Waals surface area contributed by atoms with E-state index in [1.807, 2.05) is 0 Å². The number of anilines is 1. The molecule has 8 rings (SSSR count). The van der Waals surface area contributed by atoms with Crippen molar-refractivity contribution >= 4 is 64.0 Å². The second kappa shape index (κ2) is 14.0. The first-order chi connectivity index (χ1) is 27.3. The molecule has 1 N–H and O–H groups in total. The molecule has 0 radical (unpaired) electrons. The number of rotatable bonds is 11. The second-order valence-electron chi connectivity index (χ2n) is 14.2. The number of benzene rings is 2. The normalized spacial score (nSPS) is 17.7. The number of carbonyl (C=O) groups excluding carboxylic acids is 1. The van der Waals surface area contributed by atoms with E-state index in [9.17, 15) is 35.6 Å². The highest BCUT2D eigenvalue weighted by Crippen LogP contribution is 2.68. The number of halogens is 7. The third-order valence-electron chi connectivity index (χ3n) is 10.2. The predicted octanol–water partition coefficient (Wildman–Crippen LogP) is 6.34. The van der Waals surface area contributed by atoms with Gasteiger partial charge in [0.05, 0.1) is 39.3 Å². The fourth-order valence-electron chi connectivity index (χ4n) is 7.86. The van der Waals surface area contributed by atoms with Crippen molar-refractivity contribution in [1.82, 2.24) is 39.4 Å². The molecular formula is C36H31ClF6N9O4PS. The van der Waals surface area contributed by atoms with Gasteiger partial charge < -0.3 is 5.32 Å². The number of sulfonamides is 1. The third-order valence-corrected chi connectivity index (χ3v) is 13.5. The van der Waals surface area contributed by atoms with Crippen LogP contribution in [0.3, 0.4) is 0 Å². The zero-order chi connectivity index (χ0) is 41.7. The first-order valence-electron chi connectivity index (χ1n) is 17.5. The average molecular weight is 866 g/mol. The minimum atomic E-state index is -3.88. The van der Waals surface area contributed by atoms with Crippen LogP contribution in [0.15, 0.2) is 47.3 Å². The summed E-state index contributed by atoms with van der Waals surface area (Å²) in [6, 6.07) is 6.95. The van der Waals surface area contributed by atoms with Gasteiger partial charge in [0, 0.05) is 36.7 Å². The number of aryl methyl sites for hydroxylation is 2. The van der Waals surface area contributed by atoms with E-state index in [4.69, 9.17) is 16.6 Å². The number of amides is 1. The van der Waals surface area contributed by atoms with E-state index in [1.165, 1.54) is 29.9 Å². The number of alkyl halides is 4. The lowest BCUT2D eigenvalue weighted by atomic mass is 10.0. The van der Waals surface area contributed by atoms with Gasteiger partial charge in [-0.3, -0.25) is 23.5 Å². The Bertz CT molecular complexity index is 2870. The molecule has 0 aliphatic heterocycles. The molecule has 58 heavy (non-hydrogen) atoms. The molecule has 4 aromatic heterocycles. The smallest absolute Gasteiger partial charge is 0.293 e. The van der Waals surface area contributed by atoms with Crippen LogP contribution in [0.25, 0.3) is 27.6 Å². The molecule has 0 saturated heterocycles. The number of aromatic nitrogens is 7. The van der Waals surface area contributed by atoms with Gasteiger partial charge in [0.2, 0.25) is 15.9 Å². The molecule has 22 heteroatoms. The molecule has 1 fully saturated rings. The van der Waals surface area contributed by atoms with Crippen molar-refractivity contribution in [2.24, 2.45) is 13.0 Å². The highest BCUT2D eigenvalue weighted by atomic mass is 35.5. The molecule has 1 amide bonds. The maximum Gasteiger partial charge on any atom is 0.293 e. The minimum Gasteiger partial charge on any atom is -0.344 e. The van der Waals surface area contributed by atoms with Gasteiger partial charge in [-0.1, -0.05) is 11.6 Å². The van der Waals surface area contributed by atoms with E-state index < -0.39 is 87.7 Å². The van der Waals surface area contributed by atoms with Crippen LogP contribution >= 0.6 is 20.3 Å². The number of carbonyl (C=O) groups is 1. The molecule has 2 aliphatic rings.